The number of amides is 1. The molecule has 1 unspecified atom stereocenters. The van der Waals surface area contributed by atoms with Crippen LogP contribution in [0.1, 0.15) is 6.42 Å². The van der Waals surface area contributed by atoms with Crippen LogP contribution in [-0.2, 0) is 19.1 Å². The summed E-state index contributed by atoms with van der Waals surface area (Å²) in [6.07, 6.45) is 1.17. The van der Waals surface area contributed by atoms with Crippen molar-refractivity contribution < 1.29 is 19.1 Å². The number of carbonyl (C=O) groups is 2. The van der Waals surface area contributed by atoms with E-state index in [1.807, 2.05) is 0 Å². The molecular weight excluding hydrogens is 198 g/mol. The Balaban J connectivity index is 2.45. The molecule has 15 heavy (non-hydrogen) atoms. The summed E-state index contributed by atoms with van der Waals surface area (Å²) in [5.41, 5.74) is 0. The fourth-order valence-corrected chi connectivity index (χ4v) is 1.44. The molecule has 0 spiro atoms. The first kappa shape index (κ1) is 11.7. The quantitative estimate of drug-likeness (QED) is 0.487. The van der Waals surface area contributed by atoms with E-state index in [-0.39, 0.29) is 24.4 Å². The highest BCUT2D eigenvalue weighted by atomic mass is 16.5. The van der Waals surface area contributed by atoms with Crippen LogP contribution in [0.15, 0.2) is 12.7 Å². The van der Waals surface area contributed by atoms with Crippen molar-refractivity contribution >= 4 is 11.9 Å². The third-order valence-electron chi connectivity index (χ3n) is 2.25. The molecule has 0 aromatic heterocycles. The molecule has 1 saturated heterocycles. The summed E-state index contributed by atoms with van der Waals surface area (Å²) in [6, 6.07) is 0. The lowest BCUT2D eigenvalue weighted by Crippen LogP contribution is -2.45. The molecule has 0 aromatic rings. The molecule has 5 nitrogen and oxygen atoms in total. The Morgan fingerprint density at radius 1 is 1.67 bits per heavy atom. The van der Waals surface area contributed by atoms with Gasteiger partial charge in [-0.15, -0.1) is 0 Å². The van der Waals surface area contributed by atoms with Gasteiger partial charge in [0.2, 0.25) is 5.91 Å². The van der Waals surface area contributed by atoms with Gasteiger partial charge in [-0.25, -0.2) is 0 Å². The third-order valence-corrected chi connectivity index (χ3v) is 2.25. The monoisotopic (exact) mass is 213 g/mol. The minimum atomic E-state index is -0.326. The molecule has 0 N–H and O–H groups in total. The summed E-state index contributed by atoms with van der Waals surface area (Å²) >= 11 is 0. The van der Waals surface area contributed by atoms with E-state index in [1.54, 1.807) is 4.90 Å². The van der Waals surface area contributed by atoms with Crippen molar-refractivity contribution in [1.82, 2.24) is 4.90 Å². The van der Waals surface area contributed by atoms with E-state index in [4.69, 9.17) is 4.74 Å². The van der Waals surface area contributed by atoms with Crippen LogP contribution >= 0.6 is 0 Å². The first-order chi connectivity index (χ1) is 7.17. The zero-order valence-electron chi connectivity index (χ0n) is 8.77. The molecule has 1 aliphatic rings. The van der Waals surface area contributed by atoms with Crippen LogP contribution in [0.5, 0.6) is 0 Å². The van der Waals surface area contributed by atoms with Gasteiger partial charge in [-0.05, 0) is 6.08 Å². The van der Waals surface area contributed by atoms with Crippen molar-refractivity contribution in [1.29, 1.82) is 0 Å². The van der Waals surface area contributed by atoms with Gasteiger partial charge in [-0.2, -0.15) is 0 Å². The fraction of sp³-hybridized carbons (Fsp3) is 0.600. The Kier molecular flexibility index (Phi) is 4.30. The predicted octanol–water partition coefficient (Wildman–Crippen LogP) is -0.0371. The van der Waals surface area contributed by atoms with Gasteiger partial charge in [0.1, 0.15) is 0 Å². The second-order valence-corrected chi connectivity index (χ2v) is 3.26. The number of esters is 1. The van der Waals surface area contributed by atoms with Crippen molar-refractivity contribution in [2.45, 2.75) is 12.5 Å². The minimum absolute atomic E-state index is 0.131. The molecule has 1 fully saturated rings. The van der Waals surface area contributed by atoms with Gasteiger partial charge in [0, 0.05) is 13.1 Å². The van der Waals surface area contributed by atoms with Crippen LogP contribution in [0.4, 0.5) is 0 Å². The molecule has 1 heterocycles. The molecule has 1 aliphatic heterocycles. The number of ether oxygens (including phenoxy) is 2. The average molecular weight is 213 g/mol. The number of methoxy groups -OCH3 is 1. The minimum Gasteiger partial charge on any atom is -0.469 e. The van der Waals surface area contributed by atoms with Crippen molar-refractivity contribution in [3.63, 3.8) is 0 Å². The normalized spacial score (nSPS) is 20.9. The first-order valence-corrected chi connectivity index (χ1v) is 4.77. The number of morpholine rings is 1. The Morgan fingerprint density at radius 2 is 2.40 bits per heavy atom. The Morgan fingerprint density at radius 3 is 3.00 bits per heavy atom. The van der Waals surface area contributed by atoms with E-state index in [0.29, 0.717) is 19.7 Å². The highest BCUT2D eigenvalue weighted by molar-refractivity contribution is 5.87. The Labute approximate surface area is 88.6 Å². The third kappa shape index (κ3) is 3.36. The van der Waals surface area contributed by atoms with E-state index < -0.39 is 0 Å². The smallest absolute Gasteiger partial charge is 0.308 e. The fourth-order valence-electron chi connectivity index (χ4n) is 1.44. The van der Waals surface area contributed by atoms with Gasteiger partial charge in [0.15, 0.2) is 0 Å². The molecule has 0 radical (unpaired) electrons. The highest BCUT2D eigenvalue weighted by Crippen LogP contribution is 2.09. The van der Waals surface area contributed by atoms with Gasteiger partial charge in [-0.1, -0.05) is 6.58 Å². The standard InChI is InChI=1S/C10H15NO4/c1-3-9(12)11-4-5-15-8(7-11)6-10(13)14-2/h3,8H,1,4-7H2,2H3. The van der Waals surface area contributed by atoms with E-state index in [2.05, 4.69) is 11.3 Å². The number of nitrogens with zero attached hydrogens (tertiary/aromatic N) is 1. The van der Waals surface area contributed by atoms with Gasteiger partial charge in [0.05, 0.1) is 26.2 Å². The van der Waals surface area contributed by atoms with Gasteiger partial charge in [-0.3, -0.25) is 9.59 Å². The lowest BCUT2D eigenvalue weighted by atomic mass is 10.2. The molecule has 0 bridgehead atoms. The summed E-state index contributed by atoms with van der Waals surface area (Å²) < 4.78 is 9.88. The second-order valence-electron chi connectivity index (χ2n) is 3.26. The summed E-state index contributed by atoms with van der Waals surface area (Å²) in [5.74, 6) is -0.457. The molecule has 5 heteroatoms. The van der Waals surface area contributed by atoms with Crippen LogP contribution in [0, 0.1) is 0 Å². The number of rotatable bonds is 3. The molecule has 1 amide bonds. The predicted molar refractivity (Wildman–Crippen MR) is 53.2 cm³/mol. The maximum absolute atomic E-state index is 11.3. The van der Waals surface area contributed by atoms with Crippen molar-refractivity contribution in [3.05, 3.63) is 12.7 Å². The highest BCUT2D eigenvalue weighted by Gasteiger charge is 2.24. The van der Waals surface area contributed by atoms with Crippen LogP contribution in [0.3, 0.4) is 0 Å². The number of hydrogen-bond acceptors (Lipinski definition) is 4. The van der Waals surface area contributed by atoms with Gasteiger partial charge in [0.25, 0.3) is 0 Å². The topological polar surface area (TPSA) is 55.8 Å². The average Bonchev–Trinajstić information content (AvgIpc) is 2.28. The summed E-state index contributed by atoms with van der Waals surface area (Å²) in [6.45, 7) is 4.82. The molecule has 0 aliphatic carbocycles. The maximum Gasteiger partial charge on any atom is 0.308 e. The molecule has 0 saturated carbocycles. The summed E-state index contributed by atoms with van der Waals surface area (Å²) in [5, 5.41) is 0. The van der Waals surface area contributed by atoms with Gasteiger partial charge >= 0.3 is 5.97 Å². The molecule has 84 valence electrons. The zero-order chi connectivity index (χ0) is 11.3. The molecule has 1 atom stereocenters. The van der Waals surface area contributed by atoms with Crippen LogP contribution in [-0.4, -0.2) is 49.7 Å². The summed E-state index contributed by atoms with van der Waals surface area (Å²) in [7, 11) is 1.33. The lowest BCUT2D eigenvalue weighted by molar-refractivity contribution is -0.148. The maximum atomic E-state index is 11.3. The number of carbonyl (C=O) groups excluding carboxylic acids is 2. The SMILES string of the molecule is C=CC(=O)N1CCOC(CC(=O)OC)C1. The van der Waals surface area contributed by atoms with E-state index in [9.17, 15) is 9.59 Å². The van der Waals surface area contributed by atoms with Crippen LogP contribution in [0.2, 0.25) is 0 Å². The Bertz CT molecular complexity index is 264. The first-order valence-electron chi connectivity index (χ1n) is 4.77. The van der Waals surface area contributed by atoms with E-state index in [1.165, 1.54) is 13.2 Å². The number of hydrogen-bond donors (Lipinski definition) is 0. The van der Waals surface area contributed by atoms with Crippen molar-refractivity contribution in [2.24, 2.45) is 0 Å². The molecule has 0 aromatic carbocycles. The lowest BCUT2D eigenvalue weighted by Gasteiger charge is -2.31. The summed E-state index contributed by atoms with van der Waals surface area (Å²) in [4.78, 5) is 23.9. The largest absolute Gasteiger partial charge is 0.469 e. The molecular formula is C10H15NO4. The second kappa shape index (κ2) is 5.50. The van der Waals surface area contributed by atoms with Crippen molar-refractivity contribution in [2.75, 3.05) is 26.8 Å². The van der Waals surface area contributed by atoms with E-state index in [0.717, 1.165) is 0 Å². The molecule has 1 rings (SSSR count). The van der Waals surface area contributed by atoms with Gasteiger partial charge < -0.3 is 14.4 Å². The zero-order valence-corrected chi connectivity index (χ0v) is 8.77. The van der Waals surface area contributed by atoms with E-state index >= 15 is 0 Å². The van der Waals surface area contributed by atoms with Crippen LogP contribution in [0.25, 0.3) is 0 Å². The van der Waals surface area contributed by atoms with Crippen molar-refractivity contribution in [3.8, 4) is 0 Å². The van der Waals surface area contributed by atoms with Crippen LogP contribution < -0.4 is 0 Å². The Hall–Kier alpha value is -1.36.